The highest BCUT2D eigenvalue weighted by Gasteiger charge is 2.25. The molecule has 12 heteroatoms. The molecule has 2 unspecified atom stereocenters. The van der Waals surface area contributed by atoms with Gasteiger partial charge in [-0.1, -0.05) is 42.5 Å². The molecule has 2 atom stereocenters. The highest BCUT2D eigenvalue weighted by molar-refractivity contribution is 5.95. The van der Waals surface area contributed by atoms with Crippen molar-refractivity contribution in [3.05, 3.63) is 105 Å². The predicted molar refractivity (Wildman–Crippen MR) is 161 cm³/mol. The molecule has 4 aromatic rings. The van der Waals surface area contributed by atoms with E-state index in [0.717, 1.165) is 15.8 Å². The van der Waals surface area contributed by atoms with Crippen LogP contribution < -0.4 is 20.9 Å². The Hall–Kier alpha value is -5.39. The maximum absolute atomic E-state index is 13.1. The van der Waals surface area contributed by atoms with E-state index >= 15 is 0 Å². The van der Waals surface area contributed by atoms with Gasteiger partial charge in [-0.05, 0) is 55.7 Å². The zero-order valence-electron chi connectivity index (χ0n) is 24.3. The van der Waals surface area contributed by atoms with Gasteiger partial charge in [-0.15, -0.1) is 5.10 Å². The van der Waals surface area contributed by atoms with Crippen LogP contribution in [-0.2, 0) is 11.2 Å². The number of ether oxygens (including phenoxy) is 2. The van der Waals surface area contributed by atoms with Gasteiger partial charge >= 0.3 is 11.7 Å². The normalized spacial score (nSPS) is 12.3. The summed E-state index contributed by atoms with van der Waals surface area (Å²) in [5.74, 6) is -0.865. The van der Waals surface area contributed by atoms with Gasteiger partial charge in [0.2, 0.25) is 0 Å². The molecule has 4 rings (SSSR count). The first-order valence-electron chi connectivity index (χ1n) is 13.6. The average molecular weight is 587 g/mol. The molecule has 1 heterocycles. The highest BCUT2D eigenvalue weighted by Crippen LogP contribution is 2.35. The lowest BCUT2D eigenvalue weighted by Crippen LogP contribution is -2.35. The Balaban J connectivity index is 1.80. The number of para-hydroxylation sites is 1. The maximum Gasteiger partial charge on any atom is 0.348 e. The molecule has 5 N–H and O–H groups in total. The molecule has 3 aromatic carbocycles. The number of hydrogen-bond donors (Lipinski definition) is 4. The number of rotatable bonds is 12. The fraction of sp³-hybridized carbons (Fsp3) is 0.258. The Morgan fingerprint density at radius 3 is 2.42 bits per heavy atom. The van der Waals surface area contributed by atoms with Crippen LogP contribution in [0.3, 0.4) is 0 Å². The Labute approximate surface area is 248 Å². The van der Waals surface area contributed by atoms with Crippen LogP contribution in [0.2, 0.25) is 0 Å². The number of amidine groups is 1. The van der Waals surface area contributed by atoms with Gasteiger partial charge in [0, 0.05) is 25.6 Å². The molecule has 1 amide bonds. The van der Waals surface area contributed by atoms with Crippen LogP contribution in [0.1, 0.15) is 52.6 Å². The first-order chi connectivity index (χ1) is 20.5. The summed E-state index contributed by atoms with van der Waals surface area (Å²) in [6.07, 6.45) is -0.371. The molecule has 224 valence electrons. The number of nitrogens with two attached hydrogens (primary N) is 1. The van der Waals surface area contributed by atoms with E-state index in [1.165, 1.54) is 17.0 Å². The molecule has 0 bridgehead atoms. The van der Waals surface area contributed by atoms with Crippen molar-refractivity contribution in [3.8, 4) is 17.2 Å². The van der Waals surface area contributed by atoms with E-state index in [2.05, 4.69) is 10.1 Å². The number of nitrogen functional groups attached to an aromatic ring is 1. The smallest absolute Gasteiger partial charge is 0.348 e. The van der Waals surface area contributed by atoms with Crippen molar-refractivity contribution in [2.24, 2.45) is 5.73 Å². The standard InChI is InChI=1S/C31H34N6O6/c1-5-42-26-17-21(14-15-25(26)43-18(2)29(38)36(3)4)23(16-19-10-12-20(13-11-19)27(32)33)28-34-31(41)37(35-28)24-9-7-6-8-22(24)30(39)40/h6-15,17-18,23H,5,16H2,1-4H3,(H3,32,33)(H,39,40)(H,34,35,41). The van der Waals surface area contributed by atoms with Crippen LogP contribution in [0.5, 0.6) is 11.5 Å². The van der Waals surface area contributed by atoms with Gasteiger partial charge in [0.25, 0.3) is 5.91 Å². The Bertz CT molecular complexity index is 1690. The molecule has 1 aromatic heterocycles. The number of nitrogens with zero attached hydrogens (tertiary/aromatic N) is 3. The number of carboxylic acids is 1. The highest BCUT2D eigenvalue weighted by atomic mass is 16.5. The quantitative estimate of drug-likeness (QED) is 0.144. The molecule has 0 radical (unpaired) electrons. The number of nitrogens with one attached hydrogen (secondary N) is 2. The third-order valence-corrected chi connectivity index (χ3v) is 6.79. The van der Waals surface area contributed by atoms with Crippen molar-refractivity contribution >= 4 is 17.7 Å². The number of likely N-dealkylation sites (N-methyl/N-ethyl adjacent to an activating group) is 1. The molecule has 0 saturated heterocycles. The molecule has 0 fully saturated rings. The van der Waals surface area contributed by atoms with Gasteiger partial charge in [-0.2, -0.15) is 4.68 Å². The first-order valence-corrected chi connectivity index (χ1v) is 13.6. The Kier molecular flexibility index (Phi) is 9.29. The van der Waals surface area contributed by atoms with Gasteiger partial charge in [0.15, 0.2) is 17.6 Å². The van der Waals surface area contributed by atoms with E-state index in [9.17, 15) is 19.5 Å². The lowest BCUT2D eigenvalue weighted by molar-refractivity contribution is -0.135. The van der Waals surface area contributed by atoms with Crippen molar-refractivity contribution in [2.45, 2.75) is 32.3 Å². The minimum Gasteiger partial charge on any atom is -0.490 e. The van der Waals surface area contributed by atoms with E-state index in [4.69, 9.17) is 20.6 Å². The minimum absolute atomic E-state index is 0.0535. The lowest BCUT2D eigenvalue weighted by Gasteiger charge is -2.22. The Morgan fingerprint density at radius 2 is 1.79 bits per heavy atom. The summed E-state index contributed by atoms with van der Waals surface area (Å²) in [5, 5.41) is 21.9. The molecule has 0 aliphatic heterocycles. The van der Waals surface area contributed by atoms with E-state index in [1.807, 2.05) is 25.1 Å². The summed E-state index contributed by atoms with van der Waals surface area (Å²) >= 11 is 0. The predicted octanol–water partition coefficient (Wildman–Crippen LogP) is 3.17. The van der Waals surface area contributed by atoms with Crippen LogP contribution in [0.25, 0.3) is 5.69 Å². The average Bonchev–Trinajstić information content (AvgIpc) is 3.37. The second-order valence-corrected chi connectivity index (χ2v) is 10.0. The number of hydrogen-bond acceptors (Lipinski definition) is 7. The van der Waals surface area contributed by atoms with E-state index in [-0.39, 0.29) is 23.0 Å². The largest absolute Gasteiger partial charge is 0.490 e. The second-order valence-electron chi connectivity index (χ2n) is 10.0. The van der Waals surface area contributed by atoms with Crippen LogP contribution in [0.4, 0.5) is 0 Å². The van der Waals surface area contributed by atoms with Crippen LogP contribution in [0, 0.1) is 5.41 Å². The number of aromatic nitrogens is 3. The number of aromatic carboxylic acids is 1. The lowest BCUT2D eigenvalue weighted by atomic mass is 9.90. The third-order valence-electron chi connectivity index (χ3n) is 6.79. The van der Waals surface area contributed by atoms with Crippen LogP contribution >= 0.6 is 0 Å². The van der Waals surface area contributed by atoms with E-state index in [1.54, 1.807) is 57.4 Å². The summed E-state index contributed by atoms with van der Waals surface area (Å²) in [7, 11) is 3.30. The SMILES string of the molecule is CCOc1cc(C(Cc2ccc(C(=N)N)cc2)c2nn(-c3ccccc3C(=O)O)c(=O)[nH]2)ccc1OC(C)C(=O)N(C)C. The number of amides is 1. The summed E-state index contributed by atoms with van der Waals surface area (Å²) < 4.78 is 12.9. The number of carbonyl (C=O) groups excluding carboxylic acids is 1. The minimum atomic E-state index is -1.19. The summed E-state index contributed by atoms with van der Waals surface area (Å²) in [6.45, 7) is 3.83. The van der Waals surface area contributed by atoms with Crippen molar-refractivity contribution < 1.29 is 24.2 Å². The first kappa shape index (κ1) is 30.6. The van der Waals surface area contributed by atoms with Gasteiger partial charge in [0.05, 0.1) is 17.9 Å². The third kappa shape index (κ3) is 6.92. The zero-order valence-corrected chi connectivity index (χ0v) is 24.3. The van der Waals surface area contributed by atoms with Crippen molar-refractivity contribution in [1.29, 1.82) is 5.41 Å². The fourth-order valence-corrected chi connectivity index (χ4v) is 4.64. The number of carbonyl (C=O) groups is 2. The maximum atomic E-state index is 13.1. The van der Waals surface area contributed by atoms with E-state index < -0.39 is 23.7 Å². The zero-order chi connectivity index (χ0) is 31.3. The summed E-state index contributed by atoms with van der Waals surface area (Å²) in [6, 6.07) is 18.6. The topological polar surface area (TPSA) is 177 Å². The molecule has 0 spiro atoms. The molecule has 0 saturated carbocycles. The number of aromatic amines is 1. The van der Waals surface area contributed by atoms with Crippen molar-refractivity contribution in [1.82, 2.24) is 19.7 Å². The molecule has 0 aliphatic rings. The number of H-pyrrole nitrogens is 1. The molecular formula is C31H34N6O6. The monoisotopic (exact) mass is 586 g/mol. The van der Waals surface area contributed by atoms with E-state index in [0.29, 0.717) is 35.9 Å². The van der Waals surface area contributed by atoms with Crippen molar-refractivity contribution in [2.75, 3.05) is 20.7 Å². The molecule has 0 aliphatic carbocycles. The fourth-order valence-electron chi connectivity index (χ4n) is 4.64. The van der Waals surface area contributed by atoms with Gasteiger partial charge < -0.3 is 25.2 Å². The number of benzene rings is 3. The van der Waals surface area contributed by atoms with Crippen molar-refractivity contribution in [3.63, 3.8) is 0 Å². The molecule has 43 heavy (non-hydrogen) atoms. The number of carboxylic acid groups (broad SMARTS) is 1. The van der Waals surface area contributed by atoms with Gasteiger partial charge in [0.1, 0.15) is 11.7 Å². The molecular weight excluding hydrogens is 552 g/mol. The van der Waals surface area contributed by atoms with Gasteiger partial charge in [-0.25, -0.2) is 9.59 Å². The second kappa shape index (κ2) is 13.1. The summed E-state index contributed by atoms with van der Waals surface area (Å²) in [4.78, 5) is 41.6. The van der Waals surface area contributed by atoms with Crippen LogP contribution in [0.15, 0.2) is 71.5 Å². The van der Waals surface area contributed by atoms with Gasteiger partial charge in [-0.3, -0.25) is 15.2 Å². The molecule has 12 nitrogen and oxygen atoms in total. The summed E-state index contributed by atoms with van der Waals surface area (Å²) in [5.41, 5.74) is 7.26. The van der Waals surface area contributed by atoms with Crippen LogP contribution in [-0.4, -0.2) is 69.3 Å². The Morgan fingerprint density at radius 1 is 1.09 bits per heavy atom.